The minimum Gasteiger partial charge on any atom is -0.330 e. The molecule has 0 fully saturated rings. The van der Waals surface area contributed by atoms with Gasteiger partial charge in [0.1, 0.15) is 0 Å². The third-order valence-electron chi connectivity index (χ3n) is 2.28. The van der Waals surface area contributed by atoms with Gasteiger partial charge in [0, 0.05) is 17.3 Å². The highest BCUT2D eigenvalue weighted by atomic mass is 32.1. The highest BCUT2D eigenvalue weighted by Gasteiger charge is 2.07. The Morgan fingerprint density at radius 1 is 1.57 bits per heavy atom. The first kappa shape index (κ1) is 9.68. The summed E-state index contributed by atoms with van der Waals surface area (Å²) in [5.41, 5.74) is 6.67. The molecule has 2 aromatic heterocycles. The Kier molecular flexibility index (Phi) is 2.56. The Bertz CT molecular complexity index is 398. The average Bonchev–Trinajstić information content (AvgIpc) is 2.60. The number of hydrogen-bond donors (Lipinski definition) is 1. The summed E-state index contributed by atoms with van der Waals surface area (Å²) < 4.78 is 2.10. The van der Waals surface area contributed by atoms with Crippen molar-refractivity contribution in [2.24, 2.45) is 11.7 Å². The van der Waals surface area contributed by atoms with E-state index in [4.69, 9.17) is 5.73 Å². The molecule has 0 aliphatic carbocycles. The average molecular weight is 209 g/mol. The maximum atomic E-state index is 5.60. The van der Waals surface area contributed by atoms with Crippen LogP contribution in [-0.4, -0.2) is 15.9 Å². The van der Waals surface area contributed by atoms with E-state index in [0.717, 1.165) is 23.6 Å². The lowest BCUT2D eigenvalue weighted by Crippen LogP contribution is -2.12. The highest BCUT2D eigenvalue weighted by molar-refractivity contribution is 7.17. The Labute approximate surface area is 87.6 Å². The molecule has 1 atom stereocenters. The van der Waals surface area contributed by atoms with E-state index < -0.39 is 0 Å². The molecular weight excluding hydrogens is 194 g/mol. The van der Waals surface area contributed by atoms with Crippen LogP contribution in [-0.2, 0) is 6.42 Å². The maximum Gasteiger partial charge on any atom is 0.194 e. The van der Waals surface area contributed by atoms with Crippen LogP contribution in [0.3, 0.4) is 0 Å². The van der Waals surface area contributed by atoms with Crippen molar-refractivity contribution in [3.63, 3.8) is 0 Å². The third-order valence-corrected chi connectivity index (χ3v) is 3.30. The molecular formula is C10H15N3S. The normalized spacial score (nSPS) is 13.6. The predicted molar refractivity (Wildman–Crippen MR) is 59.7 cm³/mol. The van der Waals surface area contributed by atoms with Crippen LogP contribution in [0, 0.1) is 12.8 Å². The molecule has 1 unspecified atom stereocenters. The molecule has 0 saturated carbocycles. The molecule has 0 bridgehead atoms. The van der Waals surface area contributed by atoms with Crippen molar-refractivity contribution in [2.75, 3.05) is 6.54 Å². The van der Waals surface area contributed by atoms with E-state index in [9.17, 15) is 0 Å². The number of nitrogens with two attached hydrogens (primary N) is 1. The number of nitrogens with zero attached hydrogens (tertiary/aromatic N) is 2. The second-order valence-corrected chi connectivity index (χ2v) is 4.91. The largest absolute Gasteiger partial charge is 0.330 e. The standard InChI is InChI=1S/C10H15N3S/c1-7(4-11)3-9-6-13-5-8(2)12-10(13)14-9/h5-7H,3-4,11H2,1-2H3. The summed E-state index contributed by atoms with van der Waals surface area (Å²) in [6.45, 7) is 4.94. The van der Waals surface area contributed by atoms with Gasteiger partial charge in [-0.3, -0.25) is 4.40 Å². The van der Waals surface area contributed by atoms with Crippen molar-refractivity contribution >= 4 is 16.3 Å². The van der Waals surface area contributed by atoms with Gasteiger partial charge >= 0.3 is 0 Å². The number of thiazole rings is 1. The fraction of sp³-hybridized carbons (Fsp3) is 0.500. The molecule has 14 heavy (non-hydrogen) atoms. The molecule has 2 heterocycles. The quantitative estimate of drug-likeness (QED) is 0.838. The van der Waals surface area contributed by atoms with E-state index in [1.54, 1.807) is 11.3 Å². The fourth-order valence-corrected chi connectivity index (χ4v) is 2.65. The van der Waals surface area contributed by atoms with Gasteiger partial charge in [0.15, 0.2) is 4.96 Å². The Morgan fingerprint density at radius 3 is 3.00 bits per heavy atom. The molecule has 4 heteroatoms. The van der Waals surface area contributed by atoms with Gasteiger partial charge in [-0.25, -0.2) is 4.98 Å². The number of fused-ring (bicyclic) bond motifs is 1. The first-order valence-corrected chi connectivity index (χ1v) is 5.64. The molecule has 0 aliphatic heterocycles. The number of aromatic nitrogens is 2. The lowest BCUT2D eigenvalue weighted by atomic mass is 10.1. The van der Waals surface area contributed by atoms with Crippen LogP contribution in [0.5, 0.6) is 0 Å². The van der Waals surface area contributed by atoms with Crippen molar-refractivity contribution < 1.29 is 0 Å². The molecule has 0 spiro atoms. The number of hydrogen-bond acceptors (Lipinski definition) is 3. The van der Waals surface area contributed by atoms with Gasteiger partial charge < -0.3 is 5.73 Å². The minimum absolute atomic E-state index is 0.555. The summed E-state index contributed by atoms with van der Waals surface area (Å²) in [6, 6.07) is 0. The van der Waals surface area contributed by atoms with Gasteiger partial charge in [-0.15, -0.1) is 11.3 Å². The van der Waals surface area contributed by atoms with Gasteiger partial charge in [-0.2, -0.15) is 0 Å². The first-order chi connectivity index (χ1) is 6.69. The van der Waals surface area contributed by atoms with E-state index in [1.807, 2.05) is 6.92 Å². The monoisotopic (exact) mass is 209 g/mol. The van der Waals surface area contributed by atoms with Crippen molar-refractivity contribution in [3.8, 4) is 0 Å². The second kappa shape index (κ2) is 3.71. The molecule has 2 N–H and O–H groups in total. The topological polar surface area (TPSA) is 43.3 Å². The first-order valence-electron chi connectivity index (χ1n) is 4.83. The zero-order chi connectivity index (χ0) is 10.1. The number of rotatable bonds is 3. The summed E-state index contributed by atoms with van der Waals surface area (Å²) in [7, 11) is 0. The summed E-state index contributed by atoms with van der Waals surface area (Å²) in [4.78, 5) is 6.87. The minimum atomic E-state index is 0.555. The Hall–Kier alpha value is -0.870. The van der Waals surface area contributed by atoms with E-state index in [1.165, 1.54) is 4.88 Å². The summed E-state index contributed by atoms with van der Waals surface area (Å²) in [6.07, 6.45) is 5.28. The molecule has 3 nitrogen and oxygen atoms in total. The molecule has 2 rings (SSSR count). The smallest absolute Gasteiger partial charge is 0.194 e. The molecule has 2 aromatic rings. The highest BCUT2D eigenvalue weighted by Crippen LogP contribution is 2.20. The van der Waals surface area contributed by atoms with Crippen LogP contribution in [0.25, 0.3) is 4.96 Å². The molecule has 0 amide bonds. The predicted octanol–water partition coefficient (Wildman–Crippen LogP) is 1.84. The number of imidazole rings is 1. The van der Waals surface area contributed by atoms with Crippen molar-refractivity contribution in [2.45, 2.75) is 20.3 Å². The van der Waals surface area contributed by atoms with Gasteiger partial charge in [-0.1, -0.05) is 6.92 Å². The zero-order valence-corrected chi connectivity index (χ0v) is 9.34. The Morgan fingerprint density at radius 2 is 2.36 bits per heavy atom. The lowest BCUT2D eigenvalue weighted by molar-refractivity contribution is 0.597. The fourth-order valence-electron chi connectivity index (χ4n) is 1.48. The third kappa shape index (κ3) is 1.81. The van der Waals surface area contributed by atoms with Crippen LogP contribution in [0.4, 0.5) is 0 Å². The van der Waals surface area contributed by atoms with Crippen LogP contribution in [0.2, 0.25) is 0 Å². The van der Waals surface area contributed by atoms with E-state index in [2.05, 4.69) is 28.7 Å². The maximum absolute atomic E-state index is 5.60. The van der Waals surface area contributed by atoms with Crippen molar-refractivity contribution in [3.05, 3.63) is 23.0 Å². The second-order valence-electron chi connectivity index (χ2n) is 3.81. The summed E-state index contributed by atoms with van der Waals surface area (Å²) in [5.74, 6) is 0.555. The molecule has 0 saturated heterocycles. The van der Waals surface area contributed by atoms with E-state index in [0.29, 0.717) is 5.92 Å². The molecule has 0 aromatic carbocycles. The Balaban J connectivity index is 2.23. The van der Waals surface area contributed by atoms with Crippen molar-refractivity contribution in [1.82, 2.24) is 9.38 Å². The van der Waals surface area contributed by atoms with Gasteiger partial charge in [-0.05, 0) is 25.8 Å². The zero-order valence-electron chi connectivity index (χ0n) is 8.53. The van der Waals surface area contributed by atoms with Crippen LogP contribution in [0.15, 0.2) is 12.4 Å². The van der Waals surface area contributed by atoms with Gasteiger partial charge in [0.05, 0.1) is 5.69 Å². The van der Waals surface area contributed by atoms with Crippen LogP contribution in [0.1, 0.15) is 17.5 Å². The lowest BCUT2D eigenvalue weighted by Gasteiger charge is -2.03. The SMILES string of the molecule is Cc1cn2cc(CC(C)CN)sc2n1. The molecule has 0 radical (unpaired) electrons. The van der Waals surface area contributed by atoms with E-state index >= 15 is 0 Å². The van der Waals surface area contributed by atoms with Gasteiger partial charge in [0.25, 0.3) is 0 Å². The molecule has 76 valence electrons. The van der Waals surface area contributed by atoms with Crippen LogP contribution >= 0.6 is 11.3 Å². The summed E-state index contributed by atoms with van der Waals surface area (Å²) >= 11 is 1.76. The summed E-state index contributed by atoms with van der Waals surface area (Å²) in [5, 5.41) is 0. The van der Waals surface area contributed by atoms with E-state index in [-0.39, 0.29) is 0 Å². The number of aryl methyl sites for hydroxylation is 1. The molecule has 0 aliphatic rings. The van der Waals surface area contributed by atoms with Crippen LogP contribution < -0.4 is 5.73 Å². The van der Waals surface area contributed by atoms with Gasteiger partial charge in [0.2, 0.25) is 0 Å². The van der Waals surface area contributed by atoms with Crippen molar-refractivity contribution in [1.29, 1.82) is 0 Å².